The van der Waals surface area contributed by atoms with Crippen LogP contribution >= 0.6 is 22.9 Å². The Morgan fingerprint density at radius 1 is 1.11 bits per heavy atom. The van der Waals surface area contributed by atoms with Crippen molar-refractivity contribution in [2.45, 2.75) is 5.88 Å². The average molecular weight is 400 g/mol. The summed E-state index contributed by atoms with van der Waals surface area (Å²) in [6.45, 7) is 0. The summed E-state index contributed by atoms with van der Waals surface area (Å²) in [7, 11) is 1.89. The van der Waals surface area contributed by atoms with Crippen LogP contribution in [-0.4, -0.2) is 22.0 Å². The van der Waals surface area contributed by atoms with E-state index in [-0.39, 0.29) is 5.82 Å². The second-order valence-corrected chi connectivity index (χ2v) is 7.10. The Kier molecular flexibility index (Phi) is 4.87. The van der Waals surface area contributed by atoms with Gasteiger partial charge in [-0.2, -0.15) is 0 Å². The first-order valence-corrected chi connectivity index (χ1v) is 9.52. The Morgan fingerprint density at radius 3 is 2.70 bits per heavy atom. The lowest BCUT2D eigenvalue weighted by Gasteiger charge is -2.17. The molecule has 4 aromatic rings. The highest BCUT2D eigenvalue weighted by atomic mass is 35.5. The van der Waals surface area contributed by atoms with E-state index in [0.717, 1.165) is 27.4 Å². The second kappa shape index (κ2) is 7.46. The summed E-state index contributed by atoms with van der Waals surface area (Å²) in [5.74, 6) is 1.61. The van der Waals surface area contributed by atoms with Gasteiger partial charge in [0.1, 0.15) is 27.8 Å². The Balaban J connectivity index is 1.60. The van der Waals surface area contributed by atoms with Crippen LogP contribution in [0, 0.1) is 5.82 Å². The lowest BCUT2D eigenvalue weighted by molar-refractivity contribution is 0.628. The molecule has 0 spiro atoms. The highest BCUT2D eigenvalue weighted by Crippen LogP contribution is 2.30. The van der Waals surface area contributed by atoms with Crippen molar-refractivity contribution in [1.82, 2.24) is 15.0 Å². The number of fused-ring (bicyclic) bond motifs is 1. The zero-order chi connectivity index (χ0) is 18.8. The van der Waals surface area contributed by atoms with Crippen LogP contribution in [0.4, 0.5) is 26.8 Å². The van der Waals surface area contributed by atoms with Gasteiger partial charge in [-0.1, -0.05) is 11.3 Å². The molecule has 0 radical (unpaired) electrons. The van der Waals surface area contributed by atoms with Crippen molar-refractivity contribution in [2.75, 3.05) is 17.3 Å². The molecule has 3 heterocycles. The maximum absolute atomic E-state index is 13.1. The summed E-state index contributed by atoms with van der Waals surface area (Å²) in [6.07, 6.45) is 1.71. The van der Waals surface area contributed by atoms with Crippen LogP contribution in [0.15, 0.2) is 54.7 Å². The number of thiazole rings is 1. The molecule has 8 heteroatoms. The van der Waals surface area contributed by atoms with Gasteiger partial charge in [-0.05, 0) is 54.1 Å². The summed E-state index contributed by atoms with van der Waals surface area (Å²) in [6, 6.07) is 13.9. The van der Waals surface area contributed by atoms with Crippen LogP contribution in [0.3, 0.4) is 0 Å². The zero-order valence-electron chi connectivity index (χ0n) is 14.4. The summed E-state index contributed by atoms with van der Waals surface area (Å²) in [5, 5.41) is 3.90. The minimum atomic E-state index is -0.263. The number of nitrogens with one attached hydrogen (secondary N) is 1. The minimum absolute atomic E-state index is 0.263. The van der Waals surface area contributed by atoms with Crippen molar-refractivity contribution in [2.24, 2.45) is 0 Å². The molecular formula is C19H15ClFN5S. The van der Waals surface area contributed by atoms with E-state index in [0.29, 0.717) is 16.8 Å². The molecule has 4 rings (SSSR count). The van der Waals surface area contributed by atoms with Gasteiger partial charge in [-0.25, -0.2) is 19.3 Å². The van der Waals surface area contributed by atoms with E-state index in [9.17, 15) is 4.39 Å². The summed E-state index contributed by atoms with van der Waals surface area (Å²) < 4.78 is 13.1. The molecule has 1 aromatic carbocycles. The Bertz CT molecular complexity index is 1080. The number of rotatable bonds is 5. The van der Waals surface area contributed by atoms with Crippen molar-refractivity contribution in [1.29, 1.82) is 0 Å². The maximum atomic E-state index is 13.1. The number of aromatic nitrogens is 3. The Labute approximate surface area is 164 Å². The molecule has 0 bridgehead atoms. The van der Waals surface area contributed by atoms with E-state index in [4.69, 9.17) is 11.6 Å². The van der Waals surface area contributed by atoms with Crippen LogP contribution in [0.1, 0.15) is 5.56 Å². The molecule has 1 N–H and O–H groups in total. The van der Waals surface area contributed by atoms with Crippen LogP contribution in [0.25, 0.3) is 10.3 Å². The number of hydrogen-bond acceptors (Lipinski definition) is 6. The molecule has 0 saturated heterocycles. The molecule has 136 valence electrons. The lowest BCUT2D eigenvalue weighted by Crippen LogP contribution is -2.10. The molecule has 3 aromatic heterocycles. The van der Waals surface area contributed by atoms with Crippen LogP contribution in [-0.2, 0) is 5.88 Å². The van der Waals surface area contributed by atoms with Crippen LogP contribution in [0.5, 0.6) is 0 Å². The van der Waals surface area contributed by atoms with Crippen LogP contribution < -0.4 is 10.2 Å². The topological polar surface area (TPSA) is 53.9 Å². The maximum Gasteiger partial charge on any atom is 0.190 e. The monoisotopic (exact) mass is 399 g/mol. The van der Waals surface area contributed by atoms with Gasteiger partial charge in [0, 0.05) is 24.8 Å². The third kappa shape index (κ3) is 3.84. The van der Waals surface area contributed by atoms with Gasteiger partial charge < -0.3 is 10.2 Å². The van der Waals surface area contributed by atoms with Gasteiger partial charge in [0.2, 0.25) is 0 Å². The fourth-order valence-corrected chi connectivity index (χ4v) is 3.59. The number of pyridine rings is 2. The first kappa shape index (κ1) is 17.6. The van der Waals surface area contributed by atoms with Gasteiger partial charge in [-0.15, -0.1) is 11.6 Å². The van der Waals surface area contributed by atoms with Crippen molar-refractivity contribution in [3.05, 3.63) is 66.1 Å². The summed E-state index contributed by atoms with van der Waals surface area (Å²) in [4.78, 5) is 16.2. The smallest absolute Gasteiger partial charge is 0.190 e. The van der Waals surface area contributed by atoms with E-state index >= 15 is 0 Å². The first-order valence-electron chi connectivity index (χ1n) is 8.17. The number of alkyl halides is 1. The highest BCUT2D eigenvalue weighted by molar-refractivity contribution is 7.21. The van der Waals surface area contributed by atoms with E-state index in [1.165, 1.54) is 23.5 Å². The van der Waals surface area contributed by atoms with Gasteiger partial charge in [0.05, 0.1) is 0 Å². The van der Waals surface area contributed by atoms with E-state index < -0.39 is 0 Å². The number of anilines is 4. The number of halogens is 2. The summed E-state index contributed by atoms with van der Waals surface area (Å²) in [5.41, 5.74) is 2.64. The van der Waals surface area contributed by atoms with Crippen molar-refractivity contribution in [3.63, 3.8) is 0 Å². The largest absolute Gasteiger partial charge is 0.329 e. The van der Waals surface area contributed by atoms with Crippen molar-refractivity contribution in [3.8, 4) is 0 Å². The van der Waals surface area contributed by atoms with Crippen LogP contribution in [0.2, 0.25) is 0 Å². The average Bonchev–Trinajstić information content (AvgIpc) is 3.09. The SMILES string of the molecule is CN(c1ccc(F)cc1)c1ccc2nc(Nc3cc(CCl)ccn3)sc2n1. The van der Waals surface area contributed by atoms with Gasteiger partial charge in [-0.3, -0.25) is 0 Å². The molecule has 0 atom stereocenters. The molecule has 0 aliphatic carbocycles. The predicted molar refractivity (Wildman–Crippen MR) is 109 cm³/mol. The number of nitrogens with zero attached hydrogens (tertiary/aromatic N) is 4. The predicted octanol–water partition coefficient (Wildman–Crippen LogP) is 5.48. The highest BCUT2D eigenvalue weighted by Gasteiger charge is 2.11. The molecule has 5 nitrogen and oxygen atoms in total. The van der Waals surface area contributed by atoms with Gasteiger partial charge in [0.25, 0.3) is 0 Å². The normalized spacial score (nSPS) is 10.9. The first-order chi connectivity index (χ1) is 13.1. The minimum Gasteiger partial charge on any atom is -0.329 e. The number of benzene rings is 1. The van der Waals surface area contributed by atoms with E-state index in [2.05, 4.69) is 20.3 Å². The quantitative estimate of drug-likeness (QED) is 0.450. The standard InChI is InChI=1S/C19H15ClFN5S/c1-26(14-4-2-13(21)3-5-14)17-7-6-15-18(25-17)27-19(23-15)24-16-10-12(11-20)8-9-22-16/h2-10H,11H2,1H3,(H,22,23,24). The molecule has 0 aliphatic rings. The molecule has 0 unspecified atom stereocenters. The Hall–Kier alpha value is -2.77. The second-order valence-electron chi connectivity index (χ2n) is 5.86. The lowest BCUT2D eigenvalue weighted by atomic mass is 10.3. The van der Waals surface area contributed by atoms with E-state index in [1.807, 2.05) is 36.2 Å². The molecular weight excluding hydrogens is 385 g/mol. The molecule has 27 heavy (non-hydrogen) atoms. The van der Waals surface area contributed by atoms with Crippen molar-refractivity contribution >= 4 is 55.7 Å². The van der Waals surface area contributed by atoms with E-state index in [1.54, 1.807) is 18.3 Å². The third-order valence-corrected chi connectivity index (χ3v) is 5.20. The van der Waals surface area contributed by atoms with Crippen molar-refractivity contribution < 1.29 is 4.39 Å². The Morgan fingerprint density at radius 2 is 1.93 bits per heavy atom. The molecule has 0 amide bonds. The van der Waals surface area contributed by atoms with Gasteiger partial charge >= 0.3 is 0 Å². The molecule has 0 aliphatic heterocycles. The number of hydrogen-bond donors (Lipinski definition) is 1. The van der Waals surface area contributed by atoms with Gasteiger partial charge in [0.15, 0.2) is 5.13 Å². The zero-order valence-corrected chi connectivity index (χ0v) is 15.9. The molecule has 0 saturated carbocycles. The third-order valence-electron chi connectivity index (χ3n) is 4.01. The summed E-state index contributed by atoms with van der Waals surface area (Å²) >= 11 is 7.31. The molecule has 0 fully saturated rings. The fourth-order valence-electron chi connectivity index (χ4n) is 2.58. The fraction of sp³-hybridized carbons (Fsp3) is 0.105.